The number of hydrogen-bond donors (Lipinski definition) is 0. The van der Waals surface area contributed by atoms with Crippen LogP contribution >= 0.6 is 11.5 Å². The van der Waals surface area contributed by atoms with E-state index in [9.17, 15) is 18.4 Å². The molecule has 1 aliphatic heterocycles. The summed E-state index contributed by atoms with van der Waals surface area (Å²) in [5.41, 5.74) is -0.513. The van der Waals surface area contributed by atoms with Gasteiger partial charge in [0, 0.05) is 23.2 Å². The molecule has 0 N–H and O–H groups in total. The zero-order valence-electron chi connectivity index (χ0n) is 20.4. The molecule has 2 atom stereocenters. The minimum Gasteiger partial charge on any atom is -0.330 e. The normalized spacial score (nSPS) is 27.5. The minimum atomic E-state index is -2.79. The van der Waals surface area contributed by atoms with E-state index in [1.807, 2.05) is 20.8 Å². The van der Waals surface area contributed by atoms with Crippen molar-refractivity contribution in [3.05, 3.63) is 16.4 Å². The molecule has 0 bridgehead atoms. The Morgan fingerprint density at radius 2 is 1.84 bits per heavy atom. The van der Waals surface area contributed by atoms with Gasteiger partial charge < -0.3 is 4.90 Å². The summed E-state index contributed by atoms with van der Waals surface area (Å²) in [4.78, 5) is 32.3. The molecule has 2 amide bonds. The van der Waals surface area contributed by atoms with Gasteiger partial charge in [0.2, 0.25) is 5.91 Å². The first kappa shape index (κ1) is 25.1. The second-order valence-electron chi connectivity index (χ2n) is 11.3. The summed E-state index contributed by atoms with van der Waals surface area (Å²) in [5.74, 6) is -3.72. The van der Waals surface area contributed by atoms with Crippen LogP contribution in [0.1, 0.15) is 79.7 Å². The fourth-order valence-corrected chi connectivity index (χ4v) is 5.79. The Morgan fingerprint density at radius 1 is 1.22 bits per heavy atom. The molecule has 0 aromatic carbocycles. The monoisotopic (exact) mass is 469 g/mol. The summed E-state index contributed by atoms with van der Waals surface area (Å²) in [6.45, 7) is 13.2. The third kappa shape index (κ3) is 4.44. The Labute approximate surface area is 194 Å². The van der Waals surface area contributed by atoms with E-state index < -0.39 is 35.8 Å². The molecule has 8 heteroatoms. The molecule has 2 heterocycles. The molecule has 32 heavy (non-hydrogen) atoms. The summed E-state index contributed by atoms with van der Waals surface area (Å²) in [7, 11) is 0. The van der Waals surface area contributed by atoms with Crippen LogP contribution in [0.5, 0.6) is 0 Å². The maximum atomic E-state index is 13.5. The van der Waals surface area contributed by atoms with Gasteiger partial charge in [-0.25, -0.2) is 13.8 Å². The largest absolute Gasteiger partial charge is 0.330 e. The first-order chi connectivity index (χ1) is 14.6. The van der Waals surface area contributed by atoms with Gasteiger partial charge in [-0.3, -0.25) is 13.5 Å². The summed E-state index contributed by atoms with van der Waals surface area (Å²) in [6.07, 6.45) is 6.09. The second kappa shape index (κ2) is 8.33. The third-order valence-electron chi connectivity index (χ3n) is 7.55. The van der Waals surface area contributed by atoms with Gasteiger partial charge in [-0.2, -0.15) is 0 Å². The summed E-state index contributed by atoms with van der Waals surface area (Å²) in [5, 5.41) is 0. The van der Waals surface area contributed by atoms with Crippen molar-refractivity contribution in [3.63, 3.8) is 0 Å². The molecule has 2 unspecified atom stereocenters. The molecule has 1 aliphatic carbocycles. The number of aromatic nitrogens is 1. The standard InChI is InChI=1S/C24H37F2N3O2S/c1-8-9-10-16-13-29(21(2,3)4)32-18(16)27-20(31)23(7)12-11-17(22(23,5)6)19(30)28-14-24(25,26)15-28/h13,17H,8-12,14-15H2,1-7H3/b27-18-. The van der Waals surface area contributed by atoms with Crippen LogP contribution in [-0.2, 0) is 21.5 Å². The van der Waals surface area contributed by atoms with Crippen LogP contribution in [0.25, 0.3) is 0 Å². The van der Waals surface area contributed by atoms with Crippen molar-refractivity contribution in [2.75, 3.05) is 13.1 Å². The fourth-order valence-electron chi connectivity index (χ4n) is 4.76. The lowest BCUT2D eigenvalue weighted by molar-refractivity contribution is -0.173. The smallest absolute Gasteiger partial charge is 0.282 e. The SMILES string of the molecule is CCCCc1cn(C(C)(C)C)s/c1=N\C(=O)C1(C)CCC(C(=O)N2CC(F)(F)C2)C1(C)C. The molecule has 3 rings (SSSR count). The molecule has 1 aromatic rings. The number of likely N-dealkylation sites (tertiary alicyclic amines) is 1. The molecule has 0 spiro atoms. The maximum absolute atomic E-state index is 13.5. The van der Waals surface area contributed by atoms with E-state index in [0.29, 0.717) is 12.8 Å². The average molecular weight is 470 g/mol. The number of aryl methyl sites for hydroxylation is 1. The predicted molar refractivity (Wildman–Crippen MR) is 123 cm³/mol. The number of rotatable bonds is 5. The molecule has 2 aliphatic rings. The van der Waals surface area contributed by atoms with Crippen LogP contribution in [0.3, 0.4) is 0 Å². The van der Waals surface area contributed by atoms with E-state index in [1.165, 1.54) is 16.4 Å². The molecule has 180 valence electrons. The highest BCUT2D eigenvalue weighted by Gasteiger charge is 2.60. The number of alkyl halides is 2. The van der Waals surface area contributed by atoms with Crippen LogP contribution in [0.4, 0.5) is 8.78 Å². The Hall–Kier alpha value is -1.57. The minimum absolute atomic E-state index is 0.101. The zero-order chi connectivity index (χ0) is 24.1. The van der Waals surface area contributed by atoms with E-state index in [0.717, 1.165) is 29.5 Å². The second-order valence-corrected chi connectivity index (χ2v) is 12.2. The van der Waals surface area contributed by atoms with E-state index in [2.05, 4.69) is 42.8 Å². The van der Waals surface area contributed by atoms with Crippen LogP contribution in [0.15, 0.2) is 11.2 Å². The molecule has 1 saturated heterocycles. The van der Waals surface area contributed by atoms with Gasteiger partial charge in [0.15, 0.2) is 0 Å². The van der Waals surface area contributed by atoms with Gasteiger partial charge in [0.05, 0.1) is 18.5 Å². The van der Waals surface area contributed by atoms with Crippen LogP contribution in [0, 0.1) is 16.7 Å². The molecule has 1 aromatic heterocycles. The summed E-state index contributed by atoms with van der Waals surface area (Å²) in [6, 6.07) is 0. The van der Waals surface area contributed by atoms with Crippen molar-refractivity contribution in [1.82, 2.24) is 8.86 Å². The van der Waals surface area contributed by atoms with Crippen LogP contribution < -0.4 is 4.67 Å². The Morgan fingerprint density at radius 3 is 2.38 bits per heavy atom. The van der Waals surface area contributed by atoms with Gasteiger partial charge in [0.1, 0.15) is 4.67 Å². The lowest BCUT2D eigenvalue weighted by Gasteiger charge is -2.44. The summed E-state index contributed by atoms with van der Waals surface area (Å²) < 4.78 is 29.5. The highest BCUT2D eigenvalue weighted by atomic mass is 32.1. The number of hydrogen-bond acceptors (Lipinski definition) is 3. The molecule has 2 fully saturated rings. The maximum Gasteiger partial charge on any atom is 0.282 e. The number of unbranched alkanes of at least 4 members (excludes halogenated alkanes) is 1. The topological polar surface area (TPSA) is 54.7 Å². The van der Waals surface area contributed by atoms with Crippen molar-refractivity contribution in [3.8, 4) is 0 Å². The van der Waals surface area contributed by atoms with Gasteiger partial charge in [0.25, 0.3) is 11.8 Å². The van der Waals surface area contributed by atoms with E-state index in [1.54, 1.807) is 0 Å². The van der Waals surface area contributed by atoms with Crippen molar-refractivity contribution in [1.29, 1.82) is 0 Å². The fraction of sp³-hybridized carbons (Fsp3) is 0.792. The van der Waals surface area contributed by atoms with Crippen LogP contribution in [0.2, 0.25) is 0 Å². The van der Waals surface area contributed by atoms with Crippen LogP contribution in [-0.4, -0.2) is 39.7 Å². The number of amides is 2. The van der Waals surface area contributed by atoms with Crippen molar-refractivity contribution >= 4 is 23.3 Å². The molecule has 5 nitrogen and oxygen atoms in total. The van der Waals surface area contributed by atoms with Gasteiger partial charge in [-0.1, -0.05) is 34.1 Å². The average Bonchev–Trinajstić information content (AvgIpc) is 3.16. The first-order valence-corrected chi connectivity index (χ1v) is 12.4. The Balaban J connectivity index is 1.89. The van der Waals surface area contributed by atoms with Crippen molar-refractivity contribution in [2.24, 2.45) is 21.7 Å². The highest BCUT2D eigenvalue weighted by Crippen LogP contribution is 2.57. The number of halogens is 2. The summed E-state index contributed by atoms with van der Waals surface area (Å²) >= 11 is 1.50. The lowest BCUT2D eigenvalue weighted by atomic mass is 9.65. The molecular formula is C24H37F2N3O2S. The molecule has 0 radical (unpaired) electrons. The third-order valence-corrected chi connectivity index (χ3v) is 8.93. The van der Waals surface area contributed by atoms with Crippen molar-refractivity contribution < 1.29 is 18.4 Å². The van der Waals surface area contributed by atoms with Gasteiger partial charge >= 0.3 is 0 Å². The quantitative estimate of drug-likeness (QED) is 0.610. The van der Waals surface area contributed by atoms with Gasteiger partial charge in [-0.15, -0.1) is 0 Å². The van der Waals surface area contributed by atoms with E-state index in [-0.39, 0.29) is 17.4 Å². The molecule has 1 saturated carbocycles. The number of carbonyl (C=O) groups is 2. The Kier molecular flexibility index (Phi) is 6.53. The molecular weight excluding hydrogens is 432 g/mol. The Bertz CT molecular complexity index is 949. The highest BCUT2D eigenvalue weighted by molar-refractivity contribution is 7.04. The predicted octanol–water partition coefficient (Wildman–Crippen LogP) is 4.99. The number of carbonyl (C=O) groups excluding carboxylic acids is 2. The zero-order valence-corrected chi connectivity index (χ0v) is 21.2. The number of nitrogens with zero attached hydrogens (tertiary/aromatic N) is 3. The van der Waals surface area contributed by atoms with E-state index in [4.69, 9.17) is 0 Å². The first-order valence-electron chi connectivity index (χ1n) is 11.6. The van der Waals surface area contributed by atoms with Gasteiger partial charge in [-0.05, 0) is 63.4 Å². The van der Waals surface area contributed by atoms with E-state index >= 15 is 0 Å². The lowest BCUT2D eigenvalue weighted by Crippen LogP contribution is -2.61. The van der Waals surface area contributed by atoms with Crippen molar-refractivity contribution in [2.45, 2.75) is 92.0 Å².